The van der Waals surface area contributed by atoms with Gasteiger partial charge in [0, 0.05) is 13.1 Å². The Morgan fingerprint density at radius 3 is 2.57 bits per heavy atom. The fourth-order valence-corrected chi connectivity index (χ4v) is 2.01. The second-order valence-corrected chi connectivity index (χ2v) is 5.03. The van der Waals surface area contributed by atoms with Crippen LogP contribution < -0.4 is 4.74 Å². The molecule has 1 unspecified atom stereocenters. The average Bonchev–Trinajstić information content (AvgIpc) is 2.46. The number of rotatable bonds is 9. The number of ketones is 1. The zero-order valence-corrected chi connectivity index (χ0v) is 12.8. The molecule has 1 N–H and O–H groups in total. The number of Topliss-reactive ketones (excluding diaryl/α,β-unsaturated/α-hetero) is 1. The van der Waals surface area contributed by atoms with Gasteiger partial charge in [-0.1, -0.05) is 26.0 Å². The molecule has 1 aromatic carbocycles. The van der Waals surface area contributed by atoms with Crippen LogP contribution in [0.2, 0.25) is 0 Å². The van der Waals surface area contributed by atoms with Gasteiger partial charge in [-0.2, -0.15) is 0 Å². The van der Waals surface area contributed by atoms with E-state index in [0.29, 0.717) is 31.0 Å². The zero-order valence-electron chi connectivity index (χ0n) is 12.8. The summed E-state index contributed by atoms with van der Waals surface area (Å²) in [5, 5.41) is 8.93. The van der Waals surface area contributed by atoms with E-state index < -0.39 is 11.9 Å². The second-order valence-electron chi connectivity index (χ2n) is 5.03. The molecule has 0 aliphatic heterocycles. The van der Waals surface area contributed by atoms with E-state index in [-0.39, 0.29) is 5.78 Å². The molecule has 0 bridgehead atoms. The van der Waals surface area contributed by atoms with E-state index in [9.17, 15) is 9.59 Å². The number of benzene rings is 1. The molecule has 1 rings (SSSR count). The van der Waals surface area contributed by atoms with Gasteiger partial charge in [0.15, 0.2) is 5.78 Å². The third kappa shape index (κ3) is 5.55. The Morgan fingerprint density at radius 1 is 1.33 bits per heavy atom. The highest BCUT2D eigenvalue weighted by Crippen LogP contribution is 2.18. The zero-order chi connectivity index (χ0) is 15.8. The molecule has 0 fully saturated rings. The minimum Gasteiger partial charge on any atom is -0.491 e. The maximum Gasteiger partial charge on any atom is 0.307 e. The van der Waals surface area contributed by atoms with Crippen LogP contribution >= 0.6 is 0 Å². The number of hydrogen-bond donors (Lipinski definition) is 1. The number of ether oxygens (including phenoxy) is 1. The molecule has 0 aromatic heterocycles. The second kappa shape index (κ2) is 8.42. The van der Waals surface area contributed by atoms with Crippen LogP contribution in [0.4, 0.5) is 0 Å². The van der Waals surface area contributed by atoms with Crippen molar-refractivity contribution in [2.45, 2.75) is 20.8 Å². The molecule has 21 heavy (non-hydrogen) atoms. The van der Waals surface area contributed by atoms with Crippen molar-refractivity contribution in [1.82, 2.24) is 4.90 Å². The van der Waals surface area contributed by atoms with Crippen molar-refractivity contribution in [3.05, 3.63) is 29.8 Å². The molecule has 116 valence electrons. The summed E-state index contributed by atoms with van der Waals surface area (Å²) in [5.74, 6) is -0.657. The molecule has 1 atom stereocenters. The number of para-hydroxylation sites is 1. The van der Waals surface area contributed by atoms with Gasteiger partial charge in [-0.15, -0.1) is 0 Å². The fraction of sp³-hybridized carbons (Fsp3) is 0.500. The SMILES string of the molecule is CCN(CCOc1ccccc1C(C)=O)CC(C)C(=O)O. The van der Waals surface area contributed by atoms with Crippen LogP contribution in [0, 0.1) is 5.92 Å². The van der Waals surface area contributed by atoms with Crippen LogP contribution in [0.15, 0.2) is 24.3 Å². The Morgan fingerprint density at radius 2 is 2.00 bits per heavy atom. The summed E-state index contributed by atoms with van der Waals surface area (Å²) in [6, 6.07) is 7.14. The van der Waals surface area contributed by atoms with E-state index in [2.05, 4.69) is 0 Å². The summed E-state index contributed by atoms with van der Waals surface area (Å²) >= 11 is 0. The Hall–Kier alpha value is -1.88. The lowest BCUT2D eigenvalue weighted by atomic mass is 10.1. The topological polar surface area (TPSA) is 66.8 Å². The average molecular weight is 293 g/mol. The normalized spacial score (nSPS) is 12.2. The first-order valence-corrected chi connectivity index (χ1v) is 7.13. The first-order valence-electron chi connectivity index (χ1n) is 7.13. The van der Waals surface area contributed by atoms with Gasteiger partial charge in [-0.25, -0.2) is 0 Å². The van der Waals surface area contributed by atoms with Gasteiger partial charge in [0.2, 0.25) is 0 Å². The largest absolute Gasteiger partial charge is 0.491 e. The molecular formula is C16H23NO4. The lowest BCUT2D eigenvalue weighted by Gasteiger charge is -2.22. The number of carbonyl (C=O) groups is 2. The predicted molar refractivity (Wildman–Crippen MR) is 80.9 cm³/mol. The highest BCUT2D eigenvalue weighted by Gasteiger charge is 2.15. The Bertz CT molecular complexity index is 487. The van der Waals surface area contributed by atoms with Crippen LogP contribution in [0.5, 0.6) is 5.75 Å². The molecule has 0 spiro atoms. The first kappa shape index (κ1) is 17.2. The van der Waals surface area contributed by atoms with Crippen molar-refractivity contribution in [3.63, 3.8) is 0 Å². The third-order valence-corrected chi connectivity index (χ3v) is 3.33. The lowest BCUT2D eigenvalue weighted by Crippen LogP contribution is -2.34. The van der Waals surface area contributed by atoms with Crippen LogP contribution in [-0.4, -0.2) is 48.0 Å². The number of carboxylic acid groups (broad SMARTS) is 1. The Balaban J connectivity index is 2.52. The monoisotopic (exact) mass is 293 g/mol. The molecule has 0 heterocycles. The van der Waals surface area contributed by atoms with Crippen LogP contribution in [-0.2, 0) is 4.79 Å². The summed E-state index contributed by atoms with van der Waals surface area (Å²) in [6.07, 6.45) is 0. The lowest BCUT2D eigenvalue weighted by molar-refractivity contribution is -0.141. The van der Waals surface area contributed by atoms with Crippen molar-refractivity contribution in [2.75, 3.05) is 26.2 Å². The number of carboxylic acids is 1. The van der Waals surface area contributed by atoms with E-state index >= 15 is 0 Å². The van der Waals surface area contributed by atoms with Gasteiger partial charge in [-0.05, 0) is 25.6 Å². The molecule has 0 saturated heterocycles. The van der Waals surface area contributed by atoms with E-state index in [1.165, 1.54) is 6.92 Å². The molecule has 5 nitrogen and oxygen atoms in total. The van der Waals surface area contributed by atoms with Gasteiger partial charge in [0.05, 0.1) is 11.5 Å². The van der Waals surface area contributed by atoms with Gasteiger partial charge in [0.1, 0.15) is 12.4 Å². The Labute approximate surface area is 125 Å². The quantitative estimate of drug-likeness (QED) is 0.708. The molecular weight excluding hydrogens is 270 g/mol. The van der Waals surface area contributed by atoms with E-state index in [1.807, 2.05) is 17.9 Å². The summed E-state index contributed by atoms with van der Waals surface area (Å²) in [5.41, 5.74) is 0.569. The number of aliphatic carboxylic acids is 1. The van der Waals surface area contributed by atoms with Gasteiger partial charge in [-0.3, -0.25) is 14.5 Å². The highest BCUT2D eigenvalue weighted by atomic mass is 16.5. The third-order valence-electron chi connectivity index (χ3n) is 3.33. The molecule has 0 amide bonds. The summed E-state index contributed by atoms with van der Waals surface area (Å²) in [6.45, 7) is 7.48. The molecule has 0 radical (unpaired) electrons. The van der Waals surface area contributed by atoms with Crippen molar-refractivity contribution in [1.29, 1.82) is 0 Å². The highest BCUT2D eigenvalue weighted by molar-refractivity contribution is 5.96. The molecule has 0 aliphatic rings. The van der Waals surface area contributed by atoms with Crippen molar-refractivity contribution in [3.8, 4) is 5.75 Å². The summed E-state index contributed by atoms with van der Waals surface area (Å²) in [7, 11) is 0. The van der Waals surface area contributed by atoms with E-state index in [0.717, 1.165) is 6.54 Å². The van der Waals surface area contributed by atoms with Crippen molar-refractivity contribution >= 4 is 11.8 Å². The van der Waals surface area contributed by atoms with Gasteiger partial charge in [0.25, 0.3) is 0 Å². The Kier molecular flexibility index (Phi) is 6.88. The predicted octanol–water partition coefficient (Wildman–Crippen LogP) is 2.31. The molecule has 5 heteroatoms. The number of hydrogen-bond acceptors (Lipinski definition) is 4. The maximum absolute atomic E-state index is 11.5. The maximum atomic E-state index is 11.5. The minimum absolute atomic E-state index is 0.0301. The van der Waals surface area contributed by atoms with Gasteiger partial charge < -0.3 is 9.84 Å². The van der Waals surface area contributed by atoms with Crippen molar-refractivity contribution < 1.29 is 19.4 Å². The number of carbonyl (C=O) groups excluding carboxylic acids is 1. The van der Waals surface area contributed by atoms with Crippen LogP contribution in [0.3, 0.4) is 0 Å². The van der Waals surface area contributed by atoms with E-state index in [4.69, 9.17) is 9.84 Å². The summed E-state index contributed by atoms with van der Waals surface area (Å²) in [4.78, 5) is 24.4. The number of nitrogens with zero attached hydrogens (tertiary/aromatic N) is 1. The number of likely N-dealkylation sites (N-methyl/N-ethyl adjacent to an activating group) is 1. The summed E-state index contributed by atoms with van der Waals surface area (Å²) < 4.78 is 5.66. The van der Waals surface area contributed by atoms with Gasteiger partial charge >= 0.3 is 5.97 Å². The molecule has 1 aromatic rings. The minimum atomic E-state index is -0.795. The molecule has 0 aliphatic carbocycles. The van der Waals surface area contributed by atoms with Crippen LogP contribution in [0.25, 0.3) is 0 Å². The smallest absolute Gasteiger partial charge is 0.307 e. The van der Waals surface area contributed by atoms with E-state index in [1.54, 1.807) is 25.1 Å². The molecule has 0 saturated carbocycles. The fourth-order valence-electron chi connectivity index (χ4n) is 2.01. The first-order chi connectivity index (χ1) is 9.95. The van der Waals surface area contributed by atoms with Crippen LogP contribution in [0.1, 0.15) is 31.1 Å². The standard InChI is InChI=1S/C16H23NO4/c1-4-17(11-12(2)16(19)20)9-10-21-15-8-6-5-7-14(15)13(3)18/h5-8,12H,4,9-11H2,1-3H3,(H,19,20). The van der Waals surface area contributed by atoms with Crippen molar-refractivity contribution in [2.24, 2.45) is 5.92 Å².